The van der Waals surface area contributed by atoms with Crippen LogP contribution in [0.3, 0.4) is 0 Å². The van der Waals surface area contributed by atoms with Gasteiger partial charge in [-0.3, -0.25) is 0 Å². The van der Waals surface area contributed by atoms with Crippen LogP contribution in [0.4, 0.5) is 5.69 Å². The Balaban J connectivity index is 1.89. The molecule has 1 aliphatic carbocycles. The van der Waals surface area contributed by atoms with Crippen molar-refractivity contribution in [2.75, 3.05) is 25.1 Å². The van der Waals surface area contributed by atoms with Crippen LogP contribution >= 0.6 is 0 Å². The summed E-state index contributed by atoms with van der Waals surface area (Å²) in [5.41, 5.74) is 1.72. The molecule has 2 aliphatic rings. The Hall–Kier alpha value is -1.27. The molecule has 22 heavy (non-hydrogen) atoms. The first-order valence-corrected chi connectivity index (χ1v) is 9.46. The van der Waals surface area contributed by atoms with Crippen molar-refractivity contribution < 1.29 is 13.2 Å². The lowest BCUT2D eigenvalue weighted by Crippen LogP contribution is -2.36. The highest BCUT2D eigenvalue weighted by atomic mass is 32.2. The number of hydrogen-bond donors (Lipinski definition) is 1. The van der Waals surface area contributed by atoms with Gasteiger partial charge < -0.3 is 9.64 Å². The zero-order valence-electron chi connectivity index (χ0n) is 13.3. The summed E-state index contributed by atoms with van der Waals surface area (Å²) in [6, 6.07) is 3.65. The van der Waals surface area contributed by atoms with Crippen LogP contribution in [-0.4, -0.2) is 34.7 Å². The van der Waals surface area contributed by atoms with Crippen LogP contribution in [-0.2, 0) is 10.0 Å². The second-order valence-corrected chi connectivity index (χ2v) is 7.99. The molecule has 1 fully saturated rings. The third-order valence-electron chi connectivity index (χ3n) is 4.57. The first-order chi connectivity index (χ1) is 10.5. The van der Waals surface area contributed by atoms with Gasteiger partial charge in [-0.25, -0.2) is 13.1 Å². The standard InChI is InChI=1S/C16H24N2O3S/c1-12-10-14-15(21-9-8-18(14)2)11-16(12)22(19,20)17-13-6-4-3-5-7-13/h10-11,13,17H,3-9H2,1-2H3. The number of nitrogens with zero attached hydrogens (tertiary/aromatic N) is 1. The fraction of sp³-hybridized carbons (Fsp3) is 0.625. The monoisotopic (exact) mass is 324 g/mol. The molecule has 0 unspecified atom stereocenters. The highest BCUT2D eigenvalue weighted by Crippen LogP contribution is 2.35. The number of aryl methyl sites for hydroxylation is 1. The lowest BCUT2D eigenvalue weighted by atomic mass is 9.96. The highest BCUT2D eigenvalue weighted by molar-refractivity contribution is 7.89. The van der Waals surface area contributed by atoms with E-state index >= 15 is 0 Å². The van der Waals surface area contributed by atoms with E-state index in [0.717, 1.165) is 43.5 Å². The fourth-order valence-electron chi connectivity index (χ4n) is 3.27. The largest absolute Gasteiger partial charge is 0.490 e. The van der Waals surface area contributed by atoms with E-state index in [1.165, 1.54) is 6.42 Å². The van der Waals surface area contributed by atoms with E-state index in [-0.39, 0.29) is 6.04 Å². The van der Waals surface area contributed by atoms with Gasteiger partial charge in [0, 0.05) is 19.2 Å². The molecule has 1 aromatic carbocycles. The molecule has 0 aromatic heterocycles. The first-order valence-electron chi connectivity index (χ1n) is 7.98. The summed E-state index contributed by atoms with van der Waals surface area (Å²) in [5.74, 6) is 0.656. The van der Waals surface area contributed by atoms with Crippen molar-refractivity contribution in [3.63, 3.8) is 0 Å². The Morgan fingerprint density at radius 2 is 1.95 bits per heavy atom. The van der Waals surface area contributed by atoms with Crippen molar-refractivity contribution in [3.05, 3.63) is 17.7 Å². The molecule has 0 bridgehead atoms. The Morgan fingerprint density at radius 3 is 2.68 bits per heavy atom. The summed E-state index contributed by atoms with van der Waals surface area (Å²) in [5, 5.41) is 0. The van der Waals surface area contributed by atoms with Crippen LogP contribution < -0.4 is 14.4 Å². The summed E-state index contributed by atoms with van der Waals surface area (Å²) in [6.07, 6.45) is 5.27. The number of hydrogen-bond acceptors (Lipinski definition) is 4. The molecule has 122 valence electrons. The van der Waals surface area contributed by atoms with Gasteiger partial charge >= 0.3 is 0 Å². The molecule has 6 heteroatoms. The minimum absolute atomic E-state index is 0.0674. The summed E-state index contributed by atoms with van der Waals surface area (Å²) in [6.45, 7) is 3.25. The summed E-state index contributed by atoms with van der Waals surface area (Å²) in [4.78, 5) is 2.43. The quantitative estimate of drug-likeness (QED) is 0.928. The fourth-order valence-corrected chi connectivity index (χ4v) is 4.82. The minimum Gasteiger partial charge on any atom is -0.490 e. The van der Waals surface area contributed by atoms with Gasteiger partial charge in [-0.2, -0.15) is 0 Å². The van der Waals surface area contributed by atoms with Crippen LogP contribution in [0, 0.1) is 6.92 Å². The van der Waals surface area contributed by atoms with Crippen LogP contribution in [0.25, 0.3) is 0 Å². The number of rotatable bonds is 3. The van der Waals surface area contributed by atoms with Gasteiger partial charge in [-0.1, -0.05) is 19.3 Å². The van der Waals surface area contributed by atoms with E-state index < -0.39 is 10.0 Å². The van der Waals surface area contributed by atoms with Gasteiger partial charge in [0.05, 0.1) is 17.1 Å². The van der Waals surface area contributed by atoms with Gasteiger partial charge in [0.2, 0.25) is 10.0 Å². The van der Waals surface area contributed by atoms with Crippen molar-refractivity contribution in [1.82, 2.24) is 4.72 Å². The van der Waals surface area contributed by atoms with E-state index in [9.17, 15) is 8.42 Å². The maximum absolute atomic E-state index is 12.7. The average Bonchev–Trinajstić information content (AvgIpc) is 2.48. The lowest BCUT2D eigenvalue weighted by molar-refractivity contribution is 0.310. The van der Waals surface area contributed by atoms with Crippen molar-refractivity contribution in [2.45, 2.75) is 50.0 Å². The highest BCUT2D eigenvalue weighted by Gasteiger charge is 2.26. The predicted molar refractivity (Wildman–Crippen MR) is 87.1 cm³/mol. The van der Waals surface area contributed by atoms with Crippen molar-refractivity contribution in [3.8, 4) is 5.75 Å². The van der Waals surface area contributed by atoms with Crippen LogP contribution in [0.2, 0.25) is 0 Å². The molecule has 0 amide bonds. The molecule has 1 N–H and O–H groups in total. The third kappa shape index (κ3) is 3.08. The molecule has 5 nitrogen and oxygen atoms in total. The topological polar surface area (TPSA) is 58.6 Å². The van der Waals surface area contributed by atoms with Crippen molar-refractivity contribution >= 4 is 15.7 Å². The molecule has 0 atom stereocenters. The zero-order chi connectivity index (χ0) is 15.7. The number of fused-ring (bicyclic) bond motifs is 1. The van der Waals surface area contributed by atoms with Crippen molar-refractivity contribution in [1.29, 1.82) is 0 Å². The number of nitrogens with one attached hydrogen (secondary N) is 1. The number of anilines is 1. The van der Waals surface area contributed by atoms with Crippen molar-refractivity contribution in [2.24, 2.45) is 0 Å². The van der Waals surface area contributed by atoms with E-state index in [4.69, 9.17) is 4.74 Å². The van der Waals surface area contributed by atoms with Crippen LogP contribution in [0.15, 0.2) is 17.0 Å². The SMILES string of the molecule is Cc1cc2c(cc1S(=O)(=O)NC1CCCCC1)OCCN2C. The van der Waals surface area contributed by atoms with E-state index in [0.29, 0.717) is 17.3 Å². The van der Waals surface area contributed by atoms with Gasteiger partial charge in [0.1, 0.15) is 12.4 Å². The molecule has 0 radical (unpaired) electrons. The van der Waals surface area contributed by atoms with Gasteiger partial charge in [0.15, 0.2) is 0 Å². The lowest BCUT2D eigenvalue weighted by Gasteiger charge is -2.29. The number of likely N-dealkylation sites (N-methyl/N-ethyl adjacent to an activating group) is 1. The van der Waals surface area contributed by atoms with Crippen LogP contribution in [0.5, 0.6) is 5.75 Å². The molecule has 0 saturated heterocycles. The maximum Gasteiger partial charge on any atom is 0.241 e. The Bertz CT molecular complexity index is 652. The summed E-state index contributed by atoms with van der Waals surface area (Å²) in [7, 11) is -1.49. The predicted octanol–water partition coefficient (Wildman–Crippen LogP) is 2.43. The van der Waals surface area contributed by atoms with Crippen LogP contribution in [0.1, 0.15) is 37.7 Å². The number of ether oxygens (including phenoxy) is 1. The second-order valence-electron chi connectivity index (χ2n) is 6.31. The summed E-state index contributed by atoms with van der Waals surface area (Å²) < 4.78 is 33.9. The molecule has 1 aromatic rings. The van der Waals surface area contributed by atoms with E-state index in [1.54, 1.807) is 6.07 Å². The third-order valence-corrected chi connectivity index (χ3v) is 6.23. The zero-order valence-corrected chi connectivity index (χ0v) is 14.1. The number of benzene rings is 1. The van der Waals surface area contributed by atoms with E-state index in [1.807, 2.05) is 20.0 Å². The Labute approximate surface area is 132 Å². The number of sulfonamides is 1. The summed E-state index contributed by atoms with van der Waals surface area (Å²) >= 11 is 0. The second kappa shape index (κ2) is 6.08. The molecular weight excluding hydrogens is 300 g/mol. The minimum atomic E-state index is -3.49. The normalized spacial score (nSPS) is 19.6. The first kappa shape index (κ1) is 15.6. The Kier molecular flexibility index (Phi) is 4.32. The maximum atomic E-state index is 12.7. The molecule has 1 heterocycles. The van der Waals surface area contributed by atoms with Gasteiger partial charge in [-0.05, 0) is 31.4 Å². The van der Waals surface area contributed by atoms with E-state index in [2.05, 4.69) is 9.62 Å². The molecule has 1 aliphatic heterocycles. The molecular formula is C16H24N2O3S. The average molecular weight is 324 g/mol. The molecule has 3 rings (SSSR count). The Morgan fingerprint density at radius 1 is 1.23 bits per heavy atom. The molecule has 0 spiro atoms. The van der Waals surface area contributed by atoms with Gasteiger partial charge in [0.25, 0.3) is 0 Å². The van der Waals surface area contributed by atoms with Gasteiger partial charge in [-0.15, -0.1) is 0 Å². The smallest absolute Gasteiger partial charge is 0.241 e. The molecule has 1 saturated carbocycles.